The predicted octanol–water partition coefficient (Wildman–Crippen LogP) is 3.74. The normalized spacial score (nSPS) is 15.5. The number of hydrogen-bond donors (Lipinski definition) is 0. The van der Waals surface area contributed by atoms with Gasteiger partial charge in [-0.05, 0) is 35.4 Å². The number of rotatable bonds is 4. The first-order valence-electron chi connectivity index (χ1n) is 7.22. The summed E-state index contributed by atoms with van der Waals surface area (Å²) in [6, 6.07) is 11.7. The number of esters is 1. The van der Waals surface area contributed by atoms with Crippen molar-refractivity contribution in [2.75, 3.05) is 0 Å². The molecule has 0 fully saturated rings. The maximum atomic E-state index is 13.2. The van der Waals surface area contributed by atoms with Crippen molar-refractivity contribution in [3.8, 4) is 0 Å². The van der Waals surface area contributed by atoms with Gasteiger partial charge in [-0.1, -0.05) is 24.3 Å². The number of nitro groups is 1. The van der Waals surface area contributed by atoms with Gasteiger partial charge in [0.25, 0.3) is 5.69 Å². The van der Waals surface area contributed by atoms with E-state index in [1.54, 1.807) is 24.3 Å². The summed E-state index contributed by atoms with van der Waals surface area (Å²) < 4.78 is 18.2. The Morgan fingerprint density at radius 1 is 1.08 bits per heavy atom. The van der Waals surface area contributed by atoms with Crippen LogP contribution in [0, 0.1) is 15.9 Å². The number of cyclic esters (lactones) is 1. The topological polar surface area (TPSA) is 81.8 Å². The molecule has 0 amide bonds. The number of carbonyl (C=O) groups excluding carboxylic acids is 1. The zero-order valence-electron chi connectivity index (χ0n) is 12.8. The number of nitrogens with zero attached hydrogens (tertiary/aromatic N) is 2. The fourth-order valence-corrected chi connectivity index (χ4v) is 2.16. The Balaban J connectivity index is 1.81. The van der Waals surface area contributed by atoms with E-state index in [1.165, 1.54) is 42.5 Å². The smallest absolute Gasteiger partial charge is 0.363 e. The molecule has 0 radical (unpaired) electrons. The van der Waals surface area contributed by atoms with Crippen LogP contribution >= 0.6 is 0 Å². The number of carbonyl (C=O) groups is 1. The average molecular weight is 338 g/mol. The summed E-state index contributed by atoms with van der Waals surface area (Å²) in [7, 11) is 0. The molecular weight excluding hydrogens is 327 g/mol. The van der Waals surface area contributed by atoms with Crippen molar-refractivity contribution in [2.45, 2.75) is 0 Å². The first-order valence-corrected chi connectivity index (χ1v) is 7.22. The average Bonchev–Trinajstić information content (AvgIpc) is 2.93. The zero-order chi connectivity index (χ0) is 17.8. The molecule has 3 rings (SSSR count). The molecule has 0 aromatic heterocycles. The summed E-state index contributed by atoms with van der Waals surface area (Å²) >= 11 is 0. The Kier molecular flexibility index (Phi) is 4.47. The molecule has 0 atom stereocenters. The number of non-ortho nitro benzene ring substituents is 1. The van der Waals surface area contributed by atoms with Crippen molar-refractivity contribution in [3.05, 3.63) is 87.4 Å². The van der Waals surface area contributed by atoms with Crippen LogP contribution in [-0.4, -0.2) is 16.8 Å². The Hall–Kier alpha value is -3.61. The molecule has 7 heteroatoms. The van der Waals surface area contributed by atoms with Gasteiger partial charge in [0.1, 0.15) is 5.82 Å². The van der Waals surface area contributed by atoms with E-state index in [9.17, 15) is 19.3 Å². The third-order valence-electron chi connectivity index (χ3n) is 3.29. The van der Waals surface area contributed by atoms with Crippen LogP contribution in [0.15, 0.2) is 65.3 Å². The van der Waals surface area contributed by atoms with E-state index in [-0.39, 0.29) is 17.3 Å². The molecule has 1 heterocycles. The molecule has 2 aromatic rings. The summed E-state index contributed by atoms with van der Waals surface area (Å²) in [6.07, 6.45) is 4.40. The first kappa shape index (κ1) is 16.3. The van der Waals surface area contributed by atoms with E-state index in [0.29, 0.717) is 11.1 Å². The van der Waals surface area contributed by atoms with Gasteiger partial charge in [0.05, 0.1) is 4.92 Å². The summed E-state index contributed by atoms with van der Waals surface area (Å²) in [6.45, 7) is 0. The van der Waals surface area contributed by atoms with Crippen LogP contribution in [0.2, 0.25) is 0 Å². The fraction of sp³-hybridized carbons (Fsp3) is 0. The summed E-state index contributed by atoms with van der Waals surface area (Å²) in [5.74, 6) is -1.02. The van der Waals surface area contributed by atoms with E-state index in [2.05, 4.69) is 4.99 Å². The van der Waals surface area contributed by atoms with Gasteiger partial charge in [0, 0.05) is 18.2 Å². The zero-order valence-corrected chi connectivity index (χ0v) is 12.8. The number of halogens is 1. The van der Waals surface area contributed by atoms with Gasteiger partial charge < -0.3 is 4.74 Å². The van der Waals surface area contributed by atoms with Crippen LogP contribution in [0.3, 0.4) is 0 Å². The molecular formula is C18H11FN2O4. The minimum Gasteiger partial charge on any atom is -0.403 e. The largest absolute Gasteiger partial charge is 0.403 e. The summed E-state index contributed by atoms with van der Waals surface area (Å²) in [4.78, 5) is 26.1. The second-order valence-electron chi connectivity index (χ2n) is 5.11. The highest BCUT2D eigenvalue weighted by Gasteiger charge is 2.21. The van der Waals surface area contributed by atoms with E-state index >= 15 is 0 Å². The molecule has 25 heavy (non-hydrogen) atoms. The quantitative estimate of drug-likeness (QED) is 0.368. The molecule has 124 valence electrons. The summed E-state index contributed by atoms with van der Waals surface area (Å²) in [5.41, 5.74) is 1.05. The SMILES string of the molecule is O=C1OC(/C=C\c2cccc([N+](=O)[O-])c2)=NC/1=C/c1cccc(F)c1. The Bertz CT molecular complexity index is 948. The number of nitro benzene ring substituents is 1. The van der Waals surface area contributed by atoms with Gasteiger partial charge in [-0.3, -0.25) is 10.1 Å². The molecule has 0 unspecified atom stereocenters. The fourth-order valence-electron chi connectivity index (χ4n) is 2.16. The molecule has 1 aliphatic rings. The van der Waals surface area contributed by atoms with Gasteiger partial charge in [0.2, 0.25) is 5.90 Å². The first-order chi connectivity index (χ1) is 12.0. The van der Waals surface area contributed by atoms with Gasteiger partial charge >= 0.3 is 5.97 Å². The van der Waals surface area contributed by atoms with Gasteiger partial charge in [0.15, 0.2) is 5.70 Å². The van der Waals surface area contributed by atoms with Crippen LogP contribution in [-0.2, 0) is 9.53 Å². The van der Waals surface area contributed by atoms with Crippen LogP contribution < -0.4 is 0 Å². The molecule has 0 saturated heterocycles. The maximum Gasteiger partial charge on any atom is 0.363 e. The van der Waals surface area contributed by atoms with E-state index < -0.39 is 16.7 Å². The number of aliphatic imine (C=N–C) groups is 1. The summed E-state index contributed by atoms with van der Waals surface area (Å²) in [5, 5.41) is 10.8. The van der Waals surface area contributed by atoms with Gasteiger partial charge in [-0.2, -0.15) is 0 Å². The maximum absolute atomic E-state index is 13.2. The number of benzene rings is 2. The van der Waals surface area contributed by atoms with Crippen LogP contribution in [0.5, 0.6) is 0 Å². The standard InChI is InChI=1S/C18H11FN2O4/c19-14-5-1-4-13(9-14)11-16-18(22)25-17(20-16)8-7-12-3-2-6-15(10-12)21(23)24/h1-11H/b8-7-,16-11+. The van der Waals surface area contributed by atoms with Gasteiger partial charge in [-0.15, -0.1) is 0 Å². The lowest BCUT2D eigenvalue weighted by Crippen LogP contribution is -2.01. The van der Waals surface area contributed by atoms with Crippen LogP contribution in [0.4, 0.5) is 10.1 Å². The van der Waals surface area contributed by atoms with Crippen molar-refractivity contribution in [1.82, 2.24) is 0 Å². The van der Waals surface area contributed by atoms with Crippen molar-refractivity contribution >= 4 is 29.7 Å². The highest BCUT2D eigenvalue weighted by Crippen LogP contribution is 2.18. The second-order valence-corrected chi connectivity index (χ2v) is 5.11. The number of ether oxygens (including phenoxy) is 1. The van der Waals surface area contributed by atoms with E-state index in [4.69, 9.17) is 4.74 Å². The lowest BCUT2D eigenvalue weighted by molar-refractivity contribution is -0.384. The Morgan fingerprint density at radius 2 is 1.84 bits per heavy atom. The second kappa shape index (κ2) is 6.88. The molecule has 0 saturated carbocycles. The van der Waals surface area contributed by atoms with Crippen molar-refractivity contribution < 1.29 is 18.8 Å². The monoisotopic (exact) mass is 338 g/mol. The van der Waals surface area contributed by atoms with E-state index in [1.807, 2.05) is 0 Å². The number of hydrogen-bond acceptors (Lipinski definition) is 5. The van der Waals surface area contributed by atoms with Crippen molar-refractivity contribution in [2.24, 2.45) is 4.99 Å². The lowest BCUT2D eigenvalue weighted by atomic mass is 10.2. The van der Waals surface area contributed by atoms with Crippen molar-refractivity contribution in [3.63, 3.8) is 0 Å². The third-order valence-corrected chi connectivity index (χ3v) is 3.29. The molecule has 6 nitrogen and oxygen atoms in total. The molecule has 0 spiro atoms. The van der Waals surface area contributed by atoms with E-state index in [0.717, 1.165) is 0 Å². The highest BCUT2D eigenvalue weighted by molar-refractivity contribution is 6.11. The third kappa shape index (κ3) is 4.03. The Morgan fingerprint density at radius 3 is 2.60 bits per heavy atom. The van der Waals surface area contributed by atoms with Crippen LogP contribution in [0.1, 0.15) is 11.1 Å². The molecule has 0 aliphatic carbocycles. The Labute approximate surface area is 141 Å². The highest BCUT2D eigenvalue weighted by atomic mass is 19.1. The van der Waals surface area contributed by atoms with Crippen LogP contribution in [0.25, 0.3) is 12.2 Å². The molecule has 0 N–H and O–H groups in total. The van der Waals surface area contributed by atoms with Crippen molar-refractivity contribution in [1.29, 1.82) is 0 Å². The molecule has 1 aliphatic heterocycles. The lowest BCUT2D eigenvalue weighted by Gasteiger charge is -1.94. The molecule has 0 bridgehead atoms. The predicted molar refractivity (Wildman–Crippen MR) is 90.0 cm³/mol. The molecule has 2 aromatic carbocycles. The van der Waals surface area contributed by atoms with Gasteiger partial charge in [-0.25, -0.2) is 14.2 Å². The minimum atomic E-state index is -0.650. The minimum absolute atomic E-state index is 0.0424.